The minimum atomic E-state index is 0.321. The summed E-state index contributed by atoms with van der Waals surface area (Å²) in [7, 11) is 0. The Morgan fingerprint density at radius 3 is 1.35 bits per heavy atom. The van der Waals surface area contributed by atoms with Crippen LogP contribution in [0.3, 0.4) is 0 Å². The van der Waals surface area contributed by atoms with Gasteiger partial charge in [0.1, 0.15) is 0 Å². The van der Waals surface area contributed by atoms with E-state index in [9.17, 15) is 0 Å². The second-order valence-corrected chi connectivity index (χ2v) is 7.16. The Morgan fingerprint density at radius 1 is 0.652 bits per heavy atom. The van der Waals surface area contributed by atoms with Gasteiger partial charge in [-0.05, 0) is 18.6 Å². The van der Waals surface area contributed by atoms with Crippen molar-refractivity contribution in [2.45, 2.75) is 110 Å². The zero-order valence-corrected chi connectivity index (χ0v) is 16.3. The number of unbranched alkanes of at least 4 members (excludes halogenated alkanes) is 15. The normalized spacial score (nSPS) is 10.8. The van der Waals surface area contributed by atoms with Gasteiger partial charge in [-0.15, -0.1) is 0 Å². The van der Waals surface area contributed by atoms with Crippen molar-refractivity contribution in [1.82, 2.24) is 10.9 Å². The molecular weight excluding hydrogens is 302 g/mol. The molecule has 0 aromatic carbocycles. The van der Waals surface area contributed by atoms with Gasteiger partial charge < -0.3 is 5.73 Å². The van der Waals surface area contributed by atoms with Gasteiger partial charge in [0.2, 0.25) is 0 Å². The van der Waals surface area contributed by atoms with Gasteiger partial charge in [-0.25, -0.2) is 5.43 Å². The number of nitrogens with two attached hydrogens (primary N) is 1. The van der Waals surface area contributed by atoms with Crippen LogP contribution in [-0.2, 0) is 0 Å². The Morgan fingerprint density at radius 2 is 1.00 bits per heavy atom. The van der Waals surface area contributed by atoms with E-state index in [1.807, 2.05) is 0 Å². The van der Waals surface area contributed by atoms with Gasteiger partial charge in [-0.1, -0.05) is 103 Å². The van der Waals surface area contributed by atoms with Crippen molar-refractivity contribution < 1.29 is 0 Å². The topological polar surface area (TPSA) is 50.1 Å². The lowest BCUT2D eigenvalue weighted by molar-refractivity contribution is 0.523. The average Bonchev–Trinajstić information content (AvgIpc) is 2.53. The first kappa shape index (κ1) is 22.6. The molecule has 3 nitrogen and oxygen atoms in total. The zero-order chi connectivity index (χ0) is 17.0. The summed E-state index contributed by atoms with van der Waals surface area (Å²) in [5.74, 6) is 0. The zero-order valence-electron chi connectivity index (χ0n) is 15.5. The van der Waals surface area contributed by atoms with Gasteiger partial charge in [0.25, 0.3) is 0 Å². The first-order valence-corrected chi connectivity index (χ1v) is 10.5. The van der Waals surface area contributed by atoms with Crippen LogP contribution in [0.1, 0.15) is 110 Å². The Balaban J connectivity index is 2.96. The minimum Gasteiger partial charge on any atom is -0.375 e. The summed E-state index contributed by atoms with van der Waals surface area (Å²) in [6, 6.07) is 0. The summed E-state index contributed by atoms with van der Waals surface area (Å²) in [6.45, 7) is 3.23. The first-order chi connectivity index (χ1) is 11.3. The van der Waals surface area contributed by atoms with Crippen molar-refractivity contribution in [3.63, 3.8) is 0 Å². The van der Waals surface area contributed by atoms with Crippen LogP contribution in [0.15, 0.2) is 0 Å². The van der Waals surface area contributed by atoms with Crippen molar-refractivity contribution in [3.05, 3.63) is 0 Å². The van der Waals surface area contributed by atoms with E-state index >= 15 is 0 Å². The molecule has 0 aromatic rings. The number of hydrogen-bond acceptors (Lipinski definition) is 2. The minimum absolute atomic E-state index is 0.321. The summed E-state index contributed by atoms with van der Waals surface area (Å²) in [6.07, 6.45) is 22.5. The van der Waals surface area contributed by atoms with Crippen LogP contribution in [0.2, 0.25) is 0 Å². The van der Waals surface area contributed by atoms with Gasteiger partial charge in [0, 0.05) is 6.54 Å². The predicted molar refractivity (Wildman–Crippen MR) is 107 cm³/mol. The molecule has 0 saturated carbocycles. The standard InChI is InChI=1S/C19H41N3S/c1-2-3-4-5-6-7-8-9-10-11-12-13-14-15-16-17-18-21-22-19(20)23/h21H,2-18H2,1H3,(H3,20,22,23). The van der Waals surface area contributed by atoms with Crippen molar-refractivity contribution in [2.24, 2.45) is 5.73 Å². The van der Waals surface area contributed by atoms with Gasteiger partial charge >= 0.3 is 0 Å². The lowest BCUT2D eigenvalue weighted by Crippen LogP contribution is -2.41. The van der Waals surface area contributed by atoms with Crippen molar-refractivity contribution in [3.8, 4) is 0 Å². The molecule has 0 aromatic heterocycles. The van der Waals surface area contributed by atoms with Crippen LogP contribution >= 0.6 is 12.2 Å². The van der Waals surface area contributed by atoms with Crippen LogP contribution in [0.4, 0.5) is 0 Å². The summed E-state index contributed by atoms with van der Waals surface area (Å²) in [4.78, 5) is 0. The molecule has 0 aliphatic carbocycles. The quantitative estimate of drug-likeness (QED) is 0.173. The smallest absolute Gasteiger partial charge is 0.178 e. The molecule has 0 fully saturated rings. The largest absolute Gasteiger partial charge is 0.375 e. The van der Waals surface area contributed by atoms with Crippen molar-refractivity contribution in [1.29, 1.82) is 0 Å². The fourth-order valence-electron chi connectivity index (χ4n) is 2.91. The van der Waals surface area contributed by atoms with Crippen LogP contribution in [-0.4, -0.2) is 11.7 Å². The monoisotopic (exact) mass is 343 g/mol. The molecule has 0 spiro atoms. The van der Waals surface area contributed by atoms with Gasteiger partial charge in [0.15, 0.2) is 5.11 Å². The van der Waals surface area contributed by atoms with E-state index in [1.165, 1.54) is 103 Å². The highest BCUT2D eigenvalue weighted by Gasteiger charge is 1.94. The summed E-state index contributed by atoms with van der Waals surface area (Å²) in [5, 5.41) is 0.321. The van der Waals surface area contributed by atoms with Gasteiger partial charge in [-0.3, -0.25) is 5.43 Å². The van der Waals surface area contributed by atoms with E-state index in [2.05, 4.69) is 17.8 Å². The van der Waals surface area contributed by atoms with Gasteiger partial charge in [-0.2, -0.15) is 0 Å². The Hall–Kier alpha value is -0.350. The van der Waals surface area contributed by atoms with E-state index in [-0.39, 0.29) is 0 Å². The van der Waals surface area contributed by atoms with E-state index in [0.717, 1.165) is 6.54 Å². The van der Waals surface area contributed by atoms with E-state index in [4.69, 9.17) is 18.0 Å². The summed E-state index contributed by atoms with van der Waals surface area (Å²) >= 11 is 4.71. The van der Waals surface area contributed by atoms with Crippen LogP contribution in [0.5, 0.6) is 0 Å². The molecule has 0 bridgehead atoms. The fourth-order valence-corrected chi connectivity index (χ4v) is 2.98. The Labute approximate surface area is 150 Å². The van der Waals surface area contributed by atoms with Crippen molar-refractivity contribution >= 4 is 17.3 Å². The van der Waals surface area contributed by atoms with E-state index < -0.39 is 0 Å². The maximum absolute atomic E-state index is 5.32. The third-order valence-corrected chi connectivity index (χ3v) is 4.47. The van der Waals surface area contributed by atoms with Crippen molar-refractivity contribution in [2.75, 3.05) is 6.54 Å². The molecule has 0 amide bonds. The van der Waals surface area contributed by atoms with Gasteiger partial charge in [0.05, 0.1) is 0 Å². The molecule has 4 N–H and O–H groups in total. The fraction of sp³-hybridized carbons (Fsp3) is 0.947. The predicted octanol–water partition coefficient (Wildman–Crippen LogP) is 5.59. The number of rotatable bonds is 18. The highest BCUT2D eigenvalue weighted by atomic mass is 32.1. The highest BCUT2D eigenvalue weighted by Crippen LogP contribution is 2.13. The molecule has 0 unspecified atom stereocenters. The second-order valence-electron chi connectivity index (χ2n) is 6.72. The van der Waals surface area contributed by atoms with Crippen LogP contribution < -0.4 is 16.6 Å². The first-order valence-electron chi connectivity index (χ1n) is 10.1. The molecule has 4 heteroatoms. The lowest BCUT2D eigenvalue weighted by atomic mass is 10.0. The Kier molecular flexibility index (Phi) is 19.4. The lowest BCUT2D eigenvalue weighted by Gasteiger charge is -2.06. The number of hydrazine groups is 1. The maximum Gasteiger partial charge on any atom is 0.178 e. The third kappa shape index (κ3) is 21.6. The number of thiocarbonyl (C=S) groups is 1. The molecule has 23 heavy (non-hydrogen) atoms. The molecular formula is C19H41N3S. The number of nitrogens with one attached hydrogen (secondary N) is 2. The highest BCUT2D eigenvalue weighted by molar-refractivity contribution is 7.80. The SMILES string of the molecule is CCCCCCCCCCCCCCCCCCNNC(N)=S. The number of hydrogen-bond donors (Lipinski definition) is 3. The second kappa shape index (κ2) is 19.7. The van der Waals surface area contributed by atoms with Crippen LogP contribution in [0, 0.1) is 0 Å². The summed E-state index contributed by atoms with van der Waals surface area (Å²) in [5.41, 5.74) is 11.1. The van der Waals surface area contributed by atoms with E-state index in [1.54, 1.807) is 0 Å². The van der Waals surface area contributed by atoms with E-state index in [0.29, 0.717) is 5.11 Å². The maximum atomic E-state index is 5.32. The Bertz CT molecular complexity index is 247. The molecule has 0 saturated heterocycles. The molecule has 0 rings (SSSR count). The van der Waals surface area contributed by atoms with Crippen LogP contribution in [0.25, 0.3) is 0 Å². The third-order valence-electron chi connectivity index (χ3n) is 4.37. The molecule has 0 heterocycles. The molecule has 0 atom stereocenters. The average molecular weight is 344 g/mol. The molecule has 0 aliphatic heterocycles. The molecule has 0 radical (unpaired) electrons. The molecule has 138 valence electrons. The summed E-state index contributed by atoms with van der Waals surface area (Å²) < 4.78 is 0. The molecule has 0 aliphatic rings.